The molecular formula is C12H17NO3. The van der Waals surface area contributed by atoms with Crippen LogP contribution in [0.25, 0.3) is 0 Å². The molecule has 1 unspecified atom stereocenters. The molecule has 16 heavy (non-hydrogen) atoms. The largest absolute Gasteiger partial charge is 0.494 e. The Kier molecular flexibility index (Phi) is 5.36. The summed E-state index contributed by atoms with van der Waals surface area (Å²) in [6.07, 6.45) is 0.456. The molecule has 4 heteroatoms. The van der Waals surface area contributed by atoms with E-state index in [9.17, 15) is 4.79 Å². The molecule has 1 atom stereocenters. The normalized spacial score (nSPS) is 12.1. The van der Waals surface area contributed by atoms with Crippen LogP contribution in [0.2, 0.25) is 0 Å². The van der Waals surface area contributed by atoms with Crippen molar-refractivity contribution in [2.45, 2.75) is 19.4 Å². The quantitative estimate of drug-likeness (QED) is 0.735. The summed E-state index contributed by atoms with van der Waals surface area (Å²) < 4.78 is 5.43. The zero-order chi connectivity index (χ0) is 11.8. The summed E-state index contributed by atoms with van der Waals surface area (Å²) >= 11 is 0. The molecule has 1 aromatic carbocycles. The lowest BCUT2D eigenvalue weighted by atomic mass is 10.2. The van der Waals surface area contributed by atoms with Gasteiger partial charge >= 0.3 is 5.97 Å². The number of rotatable bonds is 7. The first-order chi connectivity index (χ1) is 7.74. The van der Waals surface area contributed by atoms with Gasteiger partial charge in [-0.3, -0.25) is 4.79 Å². The molecule has 0 saturated heterocycles. The highest BCUT2D eigenvalue weighted by molar-refractivity contribution is 5.73. The molecule has 0 bridgehead atoms. The van der Waals surface area contributed by atoms with E-state index in [1.807, 2.05) is 37.3 Å². The van der Waals surface area contributed by atoms with Crippen molar-refractivity contribution in [3.8, 4) is 5.75 Å². The molecule has 88 valence electrons. The van der Waals surface area contributed by atoms with Gasteiger partial charge in [0.1, 0.15) is 11.8 Å². The van der Waals surface area contributed by atoms with Crippen LogP contribution in [0.3, 0.4) is 0 Å². The van der Waals surface area contributed by atoms with Crippen molar-refractivity contribution in [3.63, 3.8) is 0 Å². The Hall–Kier alpha value is -1.55. The first-order valence-corrected chi connectivity index (χ1v) is 5.38. The van der Waals surface area contributed by atoms with Crippen LogP contribution in [0.15, 0.2) is 30.3 Å². The van der Waals surface area contributed by atoms with Gasteiger partial charge in [-0.15, -0.1) is 0 Å². The highest BCUT2D eigenvalue weighted by atomic mass is 16.5. The Morgan fingerprint density at radius 2 is 2.12 bits per heavy atom. The summed E-state index contributed by atoms with van der Waals surface area (Å²) in [4.78, 5) is 10.8. The van der Waals surface area contributed by atoms with Crippen molar-refractivity contribution in [2.75, 3.05) is 13.2 Å². The van der Waals surface area contributed by atoms with Crippen LogP contribution in [0.5, 0.6) is 5.75 Å². The van der Waals surface area contributed by atoms with Gasteiger partial charge < -0.3 is 15.2 Å². The lowest BCUT2D eigenvalue weighted by Gasteiger charge is -2.13. The summed E-state index contributed by atoms with van der Waals surface area (Å²) in [6, 6.07) is 8.84. The SMILES string of the molecule is CCNC(CCOc1ccccc1)C(=O)O. The fourth-order valence-electron chi connectivity index (χ4n) is 1.37. The Morgan fingerprint density at radius 1 is 1.44 bits per heavy atom. The van der Waals surface area contributed by atoms with Crippen LogP contribution in [0, 0.1) is 0 Å². The number of carbonyl (C=O) groups is 1. The maximum Gasteiger partial charge on any atom is 0.320 e. The third-order valence-electron chi connectivity index (χ3n) is 2.17. The molecule has 2 N–H and O–H groups in total. The topological polar surface area (TPSA) is 58.6 Å². The van der Waals surface area contributed by atoms with Crippen LogP contribution < -0.4 is 10.1 Å². The monoisotopic (exact) mass is 223 g/mol. The average molecular weight is 223 g/mol. The van der Waals surface area contributed by atoms with Gasteiger partial charge in [-0.1, -0.05) is 25.1 Å². The number of nitrogens with one attached hydrogen (secondary N) is 1. The molecule has 0 aliphatic carbocycles. The molecule has 0 heterocycles. The third-order valence-corrected chi connectivity index (χ3v) is 2.17. The van der Waals surface area contributed by atoms with Gasteiger partial charge in [0.25, 0.3) is 0 Å². The van der Waals surface area contributed by atoms with Crippen molar-refractivity contribution >= 4 is 5.97 Å². The number of ether oxygens (including phenoxy) is 1. The summed E-state index contributed by atoms with van der Waals surface area (Å²) in [5.41, 5.74) is 0. The van der Waals surface area contributed by atoms with Crippen LogP contribution in [0.4, 0.5) is 0 Å². The van der Waals surface area contributed by atoms with Gasteiger partial charge in [0.05, 0.1) is 6.61 Å². The molecule has 0 aliphatic rings. The van der Waals surface area contributed by atoms with Crippen molar-refractivity contribution in [1.29, 1.82) is 0 Å². The van der Waals surface area contributed by atoms with Crippen LogP contribution in [-0.2, 0) is 4.79 Å². The Morgan fingerprint density at radius 3 is 2.69 bits per heavy atom. The molecule has 0 radical (unpaired) electrons. The number of hydrogen-bond acceptors (Lipinski definition) is 3. The van der Waals surface area contributed by atoms with Gasteiger partial charge in [0.15, 0.2) is 0 Å². The average Bonchev–Trinajstić information content (AvgIpc) is 2.29. The highest BCUT2D eigenvalue weighted by Crippen LogP contribution is 2.08. The standard InChI is InChI=1S/C12H17NO3/c1-2-13-11(12(14)15)8-9-16-10-6-4-3-5-7-10/h3-7,11,13H,2,8-9H2,1H3,(H,14,15). The zero-order valence-corrected chi connectivity index (χ0v) is 9.35. The lowest BCUT2D eigenvalue weighted by Crippen LogP contribution is -2.37. The van der Waals surface area contributed by atoms with E-state index in [1.54, 1.807) is 0 Å². The third kappa shape index (κ3) is 4.31. The molecule has 4 nitrogen and oxygen atoms in total. The molecular weight excluding hydrogens is 206 g/mol. The second-order valence-corrected chi connectivity index (χ2v) is 3.40. The van der Waals surface area contributed by atoms with Crippen molar-refractivity contribution in [1.82, 2.24) is 5.32 Å². The van der Waals surface area contributed by atoms with E-state index in [4.69, 9.17) is 9.84 Å². The maximum absolute atomic E-state index is 10.8. The fraction of sp³-hybridized carbons (Fsp3) is 0.417. The zero-order valence-electron chi connectivity index (χ0n) is 9.35. The minimum Gasteiger partial charge on any atom is -0.494 e. The lowest BCUT2D eigenvalue weighted by molar-refractivity contribution is -0.139. The molecule has 0 aliphatic heterocycles. The smallest absolute Gasteiger partial charge is 0.320 e. The van der Waals surface area contributed by atoms with Crippen molar-refractivity contribution in [3.05, 3.63) is 30.3 Å². The van der Waals surface area contributed by atoms with Gasteiger partial charge in [0, 0.05) is 6.42 Å². The van der Waals surface area contributed by atoms with Gasteiger partial charge in [-0.05, 0) is 18.7 Å². The molecule has 0 fully saturated rings. The summed E-state index contributed by atoms with van der Waals surface area (Å²) in [5, 5.41) is 11.8. The number of aliphatic carboxylic acids is 1. The molecule has 0 aromatic heterocycles. The number of hydrogen-bond donors (Lipinski definition) is 2. The van der Waals surface area contributed by atoms with E-state index in [0.717, 1.165) is 5.75 Å². The van der Waals surface area contributed by atoms with E-state index in [1.165, 1.54) is 0 Å². The minimum atomic E-state index is -0.835. The molecule has 0 saturated carbocycles. The number of para-hydroxylation sites is 1. The second kappa shape index (κ2) is 6.85. The van der Waals surface area contributed by atoms with E-state index in [-0.39, 0.29) is 0 Å². The van der Waals surface area contributed by atoms with E-state index in [0.29, 0.717) is 19.6 Å². The predicted molar refractivity (Wildman–Crippen MR) is 61.7 cm³/mol. The van der Waals surface area contributed by atoms with Crippen molar-refractivity contribution < 1.29 is 14.6 Å². The summed E-state index contributed by atoms with van der Waals surface area (Å²) in [6.45, 7) is 2.92. The number of benzene rings is 1. The first kappa shape index (κ1) is 12.5. The van der Waals surface area contributed by atoms with E-state index in [2.05, 4.69) is 5.32 Å². The van der Waals surface area contributed by atoms with Crippen molar-refractivity contribution in [2.24, 2.45) is 0 Å². The van der Waals surface area contributed by atoms with Gasteiger partial charge in [-0.25, -0.2) is 0 Å². The number of likely N-dealkylation sites (N-methyl/N-ethyl adjacent to an activating group) is 1. The molecule has 0 spiro atoms. The maximum atomic E-state index is 10.8. The van der Waals surface area contributed by atoms with Gasteiger partial charge in [-0.2, -0.15) is 0 Å². The summed E-state index contributed by atoms with van der Waals surface area (Å²) in [5.74, 6) is -0.0679. The number of carboxylic acid groups (broad SMARTS) is 1. The Balaban J connectivity index is 2.31. The van der Waals surface area contributed by atoms with Gasteiger partial charge in [0.2, 0.25) is 0 Å². The Labute approximate surface area is 95.2 Å². The fourth-order valence-corrected chi connectivity index (χ4v) is 1.37. The second-order valence-electron chi connectivity index (χ2n) is 3.40. The minimum absolute atomic E-state index is 0.397. The highest BCUT2D eigenvalue weighted by Gasteiger charge is 2.15. The number of carboxylic acids is 1. The summed E-state index contributed by atoms with van der Waals surface area (Å²) in [7, 11) is 0. The first-order valence-electron chi connectivity index (χ1n) is 5.38. The van der Waals surface area contributed by atoms with E-state index >= 15 is 0 Å². The molecule has 1 aromatic rings. The van der Waals surface area contributed by atoms with Crippen LogP contribution >= 0.6 is 0 Å². The predicted octanol–water partition coefficient (Wildman–Crippen LogP) is 1.52. The molecule has 1 rings (SSSR count). The van der Waals surface area contributed by atoms with Crippen LogP contribution in [0.1, 0.15) is 13.3 Å². The van der Waals surface area contributed by atoms with E-state index < -0.39 is 12.0 Å². The Bertz CT molecular complexity index is 313. The van der Waals surface area contributed by atoms with Crippen LogP contribution in [-0.4, -0.2) is 30.3 Å². The molecule has 0 amide bonds.